The summed E-state index contributed by atoms with van der Waals surface area (Å²) in [7, 11) is 0. The summed E-state index contributed by atoms with van der Waals surface area (Å²) in [4.78, 5) is 26.7. The van der Waals surface area contributed by atoms with Crippen molar-refractivity contribution in [3.8, 4) is 0 Å². The molecule has 1 heterocycles. The van der Waals surface area contributed by atoms with E-state index in [4.69, 9.17) is 16.3 Å². The van der Waals surface area contributed by atoms with E-state index in [9.17, 15) is 9.59 Å². The highest BCUT2D eigenvalue weighted by atomic mass is 35.5. The van der Waals surface area contributed by atoms with Crippen molar-refractivity contribution in [3.63, 3.8) is 0 Å². The summed E-state index contributed by atoms with van der Waals surface area (Å²) in [6.07, 6.45) is 1.16. The maximum absolute atomic E-state index is 12.4. The fourth-order valence-corrected chi connectivity index (χ4v) is 3.54. The van der Waals surface area contributed by atoms with E-state index in [0.29, 0.717) is 0 Å². The zero-order chi connectivity index (χ0) is 21.3. The zero-order valence-electron chi connectivity index (χ0n) is 17.1. The Balaban J connectivity index is 1.35. The minimum absolute atomic E-state index is 0.114. The molecule has 0 unspecified atom stereocenters. The van der Waals surface area contributed by atoms with E-state index in [0.717, 1.165) is 43.1 Å². The number of nitrogens with zero attached hydrogens (tertiary/aromatic N) is 1. The Hall–Kier alpha value is -2.57. The highest BCUT2D eigenvalue weighted by Crippen LogP contribution is 2.16. The molecule has 30 heavy (non-hydrogen) atoms. The summed E-state index contributed by atoms with van der Waals surface area (Å²) in [6, 6.07) is 16.8. The number of carbonyl (C=O) groups is 2. The van der Waals surface area contributed by atoms with Gasteiger partial charge in [-0.3, -0.25) is 9.69 Å². The largest absolute Gasteiger partial charge is 0.445 e. The Kier molecular flexibility index (Phi) is 8.11. The fourth-order valence-electron chi connectivity index (χ4n) is 3.42. The van der Waals surface area contributed by atoms with E-state index in [-0.39, 0.29) is 18.6 Å². The van der Waals surface area contributed by atoms with Crippen LogP contribution < -0.4 is 10.6 Å². The second-order valence-electron chi connectivity index (χ2n) is 7.61. The lowest BCUT2D eigenvalue weighted by Crippen LogP contribution is -2.51. The third-order valence-corrected chi connectivity index (χ3v) is 5.45. The van der Waals surface area contributed by atoms with Crippen molar-refractivity contribution in [2.24, 2.45) is 0 Å². The van der Waals surface area contributed by atoms with Gasteiger partial charge >= 0.3 is 6.09 Å². The van der Waals surface area contributed by atoms with Gasteiger partial charge in [0.05, 0.1) is 0 Å². The van der Waals surface area contributed by atoms with E-state index in [1.165, 1.54) is 5.56 Å². The van der Waals surface area contributed by atoms with Crippen LogP contribution in [0.25, 0.3) is 0 Å². The molecule has 1 atom stereocenters. The Bertz CT molecular complexity index is 821. The van der Waals surface area contributed by atoms with Gasteiger partial charge in [0.1, 0.15) is 12.6 Å². The smallest absolute Gasteiger partial charge is 0.408 e. The number of likely N-dealkylation sites (tertiary alicyclic amines) is 1. The van der Waals surface area contributed by atoms with Gasteiger partial charge in [-0.05, 0) is 43.0 Å². The topological polar surface area (TPSA) is 70.7 Å². The number of nitrogens with one attached hydrogen (secondary N) is 2. The van der Waals surface area contributed by atoms with Crippen LogP contribution >= 0.6 is 11.6 Å². The molecule has 0 radical (unpaired) electrons. The number of benzene rings is 2. The third-order valence-electron chi connectivity index (χ3n) is 5.19. The van der Waals surface area contributed by atoms with Gasteiger partial charge in [-0.25, -0.2) is 4.79 Å². The van der Waals surface area contributed by atoms with Gasteiger partial charge in [0.2, 0.25) is 5.91 Å². The standard InChI is InChI=1S/C23H28ClN3O3/c1-17(25-23(29)30-16-19-5-3-2-4-6-19)22(28)26-21-11-13-27(14-12-21)15-18-7-9-20(24)10-8-18/h2-10,17,21H,11-16H2,1H3,(H,25,29)(H,26,28)/t17-/m1/s1. The van der Waals surface area contributed by atoms with Gasteiger partial charge in [0, 0.05) is 30.7 Å². The van der Waals surface area contributed by atoms with Gasteiger partial charge in [-0.1, -0.05) is 54.1 Å². The number of rotatable bonds is 7. The van der Waals surface area contributed by atoms with Crippen molar-refractivity contribution >= 4 is 23.6 Å². The predicted molar refractivity (Wildman–Crippen MR) is 117 cm³/mol. The highest BCUT2D eigenvalue weighted by Gasteiger charge is 2.24. The minimum atomic E-state index is -0.652. The van der Waals surface area contributed by atoms with Crippen molar-refractivity contribution in [2.45, 2.75) is 45.0 Å². The Morgan fingerprint density at radius 2 is 1.73 bits per heavy atom. The number of alkyl carbamates (subject to hydrolysis) is 1. The van der Waals surface area contributed by atoms with Crippen LogP contribution in [0.1, 0.15) is 30.9 Å². The Morgan fingerprint density at radius 3 is 2.40 bits per heavy atom. The van der Waals surface area contributed by atoms with Crippen molar-refractivity contribution in [1.29, 1.82) is 0 Å². The summed E-state index contributed by atoms with van der Waals surface area (Å²) < 4.78 is 5.17. The van der Waals surface area contributed by atoms with E-state index in [1.807, 2.05) is 54.6 Å². The van der Waals surface area contributed by atoms with E-state index in [1.54, 1.807) is 6.92 Å². The van der Waals surface area contributed by atoms with Gasteiger partial charge in [-0.2, -0.15) is 0 Å². The number of amides is 2. The first-order chi connectivity index (χ1) is 14.5. The molecular weight excluding hydrogens is 402 g/mol. The SMILES string of the molecule is C[C@@H](NC(=O)OCc1ccccc1)C(=O)NC1CCN(Cc2ccc(Cl)cc2)CC1. The highest BCUT2D eigenvalue weighted by molar-refractivity contribution is 6.30. The van der Waals surface area contributed by atoms with Gasteiger partial charge in [0.25, 0.3) is 0 Å². The number of piperidine rings is 1. The molecule has 2 aromatic rings. The first kappa shape index (κ1) is 22.1. The van der Waals surface area contributed by atoms with Crippen molar-refractivity contribution in [3.05, 3.63) is 70.7 Å². The normalized spacial score (nSPS) is 15.9. The molecular formula is C23H28ClN3O3. The molecule has 2 aromatic carbocycles. The van der Waals surface area contributed by atoms with Crippen LogP contribution in [0, 0.1) is 0 Å². The lowest BCUT2D eigenvalue weighted by Gasteiger charge is -2.33. The number of hydrogen-bond donors (Lipinski definition) is 2. The summed E-state index contributed by atoms with van der Waals surface area (Å²) in [5.74, 6) is -0.192. The number of carbonyl (C=O) groups excluding carboxylic acids is 2. The molecule has 0 saturated carbocycles. The molecule has 6 nitrogen and oxygen atoms in total. The first-order valence-corrected chi connectivity index (χ1v) is 10.6. The van der Waals surface area contributed by atoms with Crippen LogP contribution in [-0.4, -0.2) is 42.1 Å². The molecule has 1 fully saturated rings. The van der Waals surface area contributed by atoms with Crippen LogP contribution in [0.3, 0.4) is 0 Å². The van der Waals surface area contributed by atoms with Crippen LogP contribution in [0.2, 0.25) is 5.02 Å². The van der Waals surface area contributed by atoms with Crippen molar-refractivity contribution < 1.29 is 14.3 Å². The minimum Gasteiger partial charge on any atom is -0.445 e. The van der Waals surface area contributed by atoms with E-state index in [2.05, 4.69) is 15.5 Å². The monoisotopic (exact) mass is 429 g/mol. The Morgan fingerprint density at radius 1 is 1.07 bits per heavy atom. The molecule has 2 amide bonds. The lowest BCUT2D eigenvalue weighted by atomic mass is 10.0. The average molecular weight is 430 g/mol. The Labute approximate surface area is 182 Å². The number of halogens is 1. The second-order valence-corrected chi connectivity index (χ2v) is 8.05. The van der Waals surface area contributed by atoms with Crippen LogP contribution in [0.5, 0.6) is 0 Å². The molecule has 3 rings (SSSR count). The van der Waals surface area contributed by atoms with E-state index >= 15 is 0 Å². The predicted octanol–water partition coefficient (Wildman–Crippen LogP) is 3.74. The zero-order valence-corrected chi connectivity index (χ0v) is 17.9. The van der Waals surface area contributed by atoms with Crippen LogP contribution in [0.15, 0.2) is 54.6 Å². The molecule has 1 saturated heterocycles. The molecule has 0 bridgehead atoms. The first-order valence-electron chi connectivity index (χ1n) is 10.2. The molecule has 7 heteroatoms. The van der Waals surface area contributed by atoms with Crippen LogP contribution in [-0.2, 0) is 22.7 Å². The molecule has 0 spiro atoms. The summed E-state index contributed by atoms with van der Waals surface area (Å²) in [6.45, 7) is 4.54. The quantitative estimate of drug-likeness (QED) is 0.703. The molecule has 2 N–H and O–H groups in total. The number of ether oxygens (including phenoxy) is 1. The summed E-state index contributed by atoms with van der Waals surface area (Å²) in [5, 5.41) is 6.37. The maximum Gasteiger partial charge on any atom is 0.408 e. The third kappa shape index (κ3) is 7.04. The molecule has 0 aromatic heterocycles. The van der Waals surface area contributed by atoms with Gasteiger partial charge in [-0.15, -0.1) is 0 Å². The van der Waals surface area contributed by atoms with Crippen LogP contribution in [0.4, 0.5) is 4.79 Å². The van der Waals surface area contributed by atoms with E-state index < -0.39 is 12.1 Å². The second kappa shape index (κ2) is 11.0. The molecule has 1 aliphatic heterocycles. The number of hydrogen-bond acceptors (Lipinski definition) is 4. The van der Waals surface area contributed by atoms with Gasteiger partial charge in [0.15, 0.2) is 0 Å². The molecule has 160 valence electrons. The summed E-state index contributed by atoms with van der Waals surface area (Å²) in [5.41, 5.74) is 2.13. The summed E-state index contributed by atoms with van der Waals surface area (Å²) >= 11 is 5.94. The van der Waals surface area contributed by atoms with Crippen molar-refractivity contribution in [2.75, 3.05) is 13.1 Å². The molecule has 0 aliphatic carbocycles. The average Bonchev–Trinajstić information content (AvgIpc) is 2.76. The van der Waals surface area contributed by atoms with Crippen molar-refractivity contribution in [1.82, 2.24) is 15.5 Å². The maximum atomic E-state index is 12.4. The van der Waals surface area contributed by atoms with Gasteiger partial charge < -0.3 is 15.4 Å². The lowest BCUT2D eigenvalue weighted by molar-refractivity contribution is -0.123. The fraction of sp³-hybridized carbons (Fsp3) is 0.391. The molecule has 1 aliphatic rings.